The van der Waals surface area contributed by atoms with Crippen LogP contribution in [-0.2, 0) is 15.9 Å². The van der Waals surface area contributed by atoms with Gasteiger partial charge in [-0.1, -0.05) is 49.7 Å². The number of halogens is 1. The van der Waals surface area contributed by atoms with Crippen molar-refractivity contribution < 1.29 is 29.5 Å². The smallest absolute Gasteiger partial charge is 0.147 e. The Morgan fingerprint density at radius 2 is 1.82 bits per heavy atom. The Hall–Kier alpha value is -1.67. The summed E-state index contributed by atoms with van der Waals surface area (Å²) < 4.78 is 16.8. The molecule has 184 valence electrons. The van der Waals surface area contributed by atoms with Crippen LogP contribution in [0.1, 0.15) is 56.4 Å². The van der Waals surface area contributed by atoms with Crippen molar-refractivity contribution in [3.8, 4) is 5.75 Å². The van der Waals surface area contributed by atoms with Crippen LogP contribution >= 0.6 is 11.6 Å². The molecule has 33 heavy (non-hydrogen) atoms. The maximum absolute atomic E-state index is 10.1. The molecule has 5 atom stereocenters. The molecule has 0 spiro atoms. The molecule has 0 aliphatic carbocycles. The Bertz CT molecular complexity index is 826. The van der Waals surface area contributed by atoms with E-state index in [1.54, 1.807) is 14.0 Å². The van der Waals surface area contributed by atoms with E-state index in [0.29, 0.717) is 36.6 Å². The maximum Gasteiger partial charge on any atom is 0.147 e. The second-order valence-corrected chi connectivity index (χ2v) is 8.49. The number of rotatable bonds is 9. The lowest BCUT2D eigenvalue weighted by atomic mass is 9.94. The number of hydrogen-bond acceptors (Lipinski definition) is 6. The third kappa shape index (κ3) is 8.25. The minimum Gasteiger partial charge on any atom is -0.485 e. The van der Waals surface area contributed by atoms with Crippen LogP contribution in [0.15, 0.2) is 42.5 Å². The molecule has 0 saturated carbocycles. The van der Waals surface area contributed by atoms with Gasteiger partial charge in [0.05, 0.1) is 37.6 Å². The van der Waals surface area contributed by atoms with E-state index in [9.17, 15) is 15.3 Å². The summed E-state index contributed by atoms with van der Waals surface area (Å²) in [7, 11) is 1.57. The molecule has 1 aliphatic heterocycles. The largest absolute Gasteiger partial charge is 0.485 e. The SMILES string of the molecule is CC.COCC(Oc1ccc(Cc2cc([C@H]3C[C@@H](O)C[C@@H](CO)O3)ccc2Cl)cc1)C(C)O. The van der Waals surface area contributed by atoms with E-state index in [-0.39, 0.29) is 18.8 Å². The fraction of sp³-hybridized carbons (Fsp3) is 0.538. The van der Waals surface area contributed by atoms with E-state index in [1.807, 2.05) is 56.3 Å². The average Bonchev–Trinajstić information content (AvgIpc) is 2.82. The normalized spacial score (nSPS) is 22.1. The summed E-state index contributed by atoms with van der Waals surface area (Å²) in [6.45, 7) is 5.87. The second-order valence-electron chi connectivity index (χ2n) is 8.08. The molecule has 0 radical (unpaired) electrons. The molecule has 2 unspecified atom stereocenters. The zero-order chi connectivity index (χ0) is 24.4. The van der Waals surface area contributed by atoms with Gasteiger partial charge in [-0.2, -0.15) is 0 Å². The molecular weight excluding hydrogens is 444 g/mol. The minimum absolute atomic E-state index is 0.108. The van der Waals surface area contributed by atoms with Gasteiger partial charge in [-0.25, -0.2) is 0 Å². The lowest BCUT2D eigenvalue weighted by Gasteiger charge is -2.32. The van der Waals surface area contributed by atoms with Crippen LogP contribution in [0.4, 0.5) is 0 Å². The molecule has 0 aromatic heterocycles. The Balaban J connectivity index is 0.00000187. The Kier molecular flexibility index (Phi) is 11.6. The molecule has 6 nitrogen and oxygen atoms in total. The van der Waals surface area contributed by atoms with Crippen molar-refractivity contribution in [2.45, 2.75) is 70.6 Å². The maximum atomic E-state index is 10.1. The molecule has 3 rings (SSSR count). The van der Waals surface area contributed by atoms with Crippen molar-refractivity contribution in [1.82, 2.24) is 0 Å². The predicted octanol–water partition coefficient (Wildman–Crippen LogP) is 4.30. The average molecular weight is 481 g/mol. The number of benzene rings is 2. The van der Waals surface area contributed by atoms with Gasteiger partial charge in [0.2, 0.25) is 0 Å². The van der Waals surface area contributed by atoms with Crippen LogP contribution in [-0.4, -0.2) is 60.1 Å². The highest BCUT2D eigenvalue weighted by molar-refractivity contribution is 6.31. The van der Waals surface area contributed by atoms with Crippen LogP contribution < -0.4 is 4.74 Å². The zero-order valence-corrected chi connectivity index (χ0v) is 20.7. The van der Waals surface area contributed by atoms with E-state index in [1.165, 1.54) is 0 Å². The van der Waals surface area contributed by atoms with E-state index in [0.717, 1.165) is 16.7 Å². The van der Waals surface area contributed by atoms with Gasteiger partial charge >= 0.3 is 0 Å². The van der Waals surface area contributed by atoms with Crippen molar-refractivity contribution in [2.75, 3.05) is 20.3 Å². The van der Waals surface area contributed by atoms with Gasteiger partial charge in [-0.3, -0.25) is 0 Å². The Morgan fingerprint density at radius 1 is 1.12 bits per heavy atom. The summed E-state index contributed by atoms with van der Waals surface area (Å²) in [5.74, 6) is 0.659. The molecule has 0 amide bonds. The third-order valence-corrected chi connectivity index (χ3v) is 5.87. The summed E-state index contributed by atoms with van der Waals surface area (Å²) in [4.78, 5) is 0. The van der Waals surface area contributed by atoms with Gasteiger partial charge in [-0.15, -0.1) is 0 Å². The van der Waals surface area contributed by atoms with Gasteiger partial charge < -0.3 is 29.5 Å². The first kappa shape index (κ1) is 27.6. The summed E-state index contributed by atoms with van der Waals surface area (Å²) in [6.07, 6.45) is -0.634. The molecule has 3 N–H and O–H groups in total. The van der Waals surface area contributed by atoms with E-state index in [4.69, 9.17) is 25.8 Å². The van der Waals surface area contributed by atoms with Crippen LogP contribution in [0, 0.1) is 0 Å². The number of ether oxygens (including phenoxy) is 3. The van der Waals surface area contributed by atoms with E-state index >= 15 is 0 Å². The van der Waals surface area contributed by atoms with Crippen molar-refractivity contribution in [3.63, 3.8) is 0 Å². The molecule has 7 heteroatoms. The van der Waals surface area contributed by atoms with Crippen LogP contribution in [0.2, 0.25) is 5.02 Å². The van der Waals surface area contributed by atoms with E-state index < -0.39 is 18.3 Å². The molecule has 1 heterocycles. The molecule has 2 aromatic carbocycles. The quantitative estimate of drug-likeness (QED) is 0.495. The third-order valence-electron chi connectivity index (χ3n) is 5.50. The molecule has 1 saturated heterocycles. The van der Waals surface area contributed by atoms with Crippen LogP contribution in [0.25, 0.3) is 0 Å². The van der Waals surface area contributed by atoms with Gasteiger partial charge in [0.15, 0.2) is 0 Å². The molecule has 0 bridgehead atoms. The minimum atomic E-state index is -0.646. The van der Waals surface area contributed by atoms with Crippen molar-refractivity contribution in [2.24, 2.45) is 0 Å². The molecule has 1 aliphatic rings. The van der Waals surface area contributed by atoms with Crippen LogP contribution in [0.3, 0.4) is 0 Å². The summed E-state index contributed by atoms with van der Waals surface area (Å²) in [5, 5.41) is 30.0. The van der Waals surface area contributed by atoms with Crippen molar-refractivity contribution in [3.05, 3.63) is 64.2 Å². The zero-order valence-electron chi connectivity index (χ0n) is 19.9. The first-order valence-electron chi connectivity index (χ1n) is 11.5. The van der Waals surface area contributed by atoms with E-state index in [2.05, 4.69) is 0 Å². The molecular formula is C26H37ClO6. The lowest BCUT2D eigenvalue weighted by molar-refractivity contribution is -0.113. The topological polar surface area (TPSA) is 88.4 Å². The fourth-order valence-corrected chi connectivity index (χ4v) is 3.95. The second kappa shape index (κ2) is 13.9. The van der Waals surface area contributed by atoms with Crippen molar-refractivity contribution in [1.29, 1.82) is 0 Å². The summed E-state index contributed by atoms with van der Waals surface area (Å²) in [6, 6.07) is 13.4. The number of aliphatic hydroxyl groups is 3. The Labute approximate surface area is 202 Å². The highest BCUT2D eigenvalue weighted by atomic mass is 35.5. The van der Waals surface area contributed by atoms with Gasteiger partial charge in [0.1, 0.15) is 11.9 Å². The number of hydrogen-bond donors (Lipinski definition) is 3. The highest BCUT2D eigenvalue weighted by Gasteiger charge is 2.29. The highest BCUT2D eigenvalue weighted by Crippen LogP contribution is 2.33. The molecule has 1 fully saturated rings. The fourth-order valence-electron chi connectivity index (χ4n) is 3.77. The van der Waals surface area contributed by atoms with Gasteiger partial charge in [0, 0.05) is 25.0 Å². The lowest BCUT2D eigenvalue weighted by Crippen LogP contribution is -2.33. The van der Waals surface area contributed by atoms with Gasteiger partial charge in [0.25, 0.3) is 0 Å². The standard InChI is InChI=1S/C24H31ClO6.C2H6/c1-15(27)24(14-29-2)30-20-6-3-16(4-7-20)9-18-10-17(5-8-22(18)25)23-12-19(28)11-21(13-26)31-23;1-2/h3-8,10,15,19,21,23-24,26-28H,9,11-14H2,1-2H3;1-2H3/t15?,19-,21-,23+,24?;/m0./s1. The predicted molar refractivity (Wildman–Crippen MR) is 130 cm³/mol. The summed E-state index contributed by atoms with van der Waals surface area (Å²) >= 11 is 6.44. The first-order valence-corrected chi connectivity index (χ1v) is 11.9. The first-order chi connectivity index (χ1) is 15.9. The number of aliphatic hydroxyl groups excluding tert-OH is 3. The monoisotopic (exact) mass is 480 g/mol. The van der Waals surface area contributed by atoms with Crippen LogP contribution in [0.5, 0.6) is 5.75 Å². The molecule has 2 aromatic rings. The van der Waals surface area contributed by atoms with Crippen molar-refractivity contribution >= 4 is 11.6 Å². The number of methoxy groups -OCH3 is 1. The Morgan fingerprint density at radius 3 is 2.42 bits per heavy atom. The van der Waals surface area contributed by atoms with Gasteiger partial charge in [-0.05, 0) is 48.2 Å². The summed E-state index contributed by atoms with van der Waals surface area (Å²) in [5.41, 5.74) is 2.96.